The van der Waals surface area contributed by atoms with E-state index >= 15 is 0 Å². The zero-order valence-electron chi connectivity index (χ0n) is 13.7. The van der Waals surface area contributed by atoms with E-state index in [4.69, 9.17) is 15.9 Å². The van der Waals surface area contributed by atoms with E-state index in [2.05, 4.69) is 5.32 Å². The Bertz CT molecular complexity index is 555. The Hall–Kier alpha value is -1.75. The van der Waals surface area contributed by atoms with Crippen molar-refractivity contribution in [1.29, 1.82) is 5.41 Å². The summed E-state index contributed by atoms with van der Waals surface area (Å²) in [5, 5.41) is 10.0. The van der Waals surface area contributed by atoms with Crippen molar-refractivity contribution in [2.75, 3.05) is 6.54 Å². The first-order valence-corrected chi connectivity index (χ1v) is 7.82. The summed E-state index contributed by atoms with van der Waals surface area (Å²) < 4.78 is 5.56. The molecule has 0 aromatic heterocycles. The zero-order chi connectivity index (χ0) is 16.1. The second kappa shape index (κ2) is 8.77. The lowest BCUT2D eigenvalue weighted by Crippen LogP contribution is -2.36. The number of benzene rings is 1. The Morgan fingerprint density at radius 2 is 1.96 bits per heavy atom. The molecule has 1 aromatic carbocycles. The van der Waals surface area contributed by atoms with Crippen molar-refractivity contribution in [2.45, 2.75) is 39.5 Å². The number of hydrogen-bond donors (Lipinski definition) is 3. The van der Waals surface area contributed by atoms with Crippen LogP contribution in [0.3, 0.4) is 0 Å². The molecule has 0 spiro atoms. The smallest absolute Gasteiger partial charge is 0.314 e. The molecule has 6 heteroatoms. The Kier molecular flexibility index (Phi) is 7.36. The molecule has 128 valence electrons. The summed E-state index contributed by atoms with van der Waals surface area (Å²) in [6, 6.07) is 5.85. The number of aryl methyl sites for hydroxylation is 2. The quantitative estimate of drug-likeness (QED) is 0.340. The second-order valence-electron chi connectivity index (χ2n) is 6.20. The number of nitrogens with two attached hydrogens (primary N) is 1. The molecular weight excluding hydrogens is 314 g/mol. The highest BCUT2D eigenvalue weighted by molar-refractivity contribution is 5.85. The molecule has 0 amide bonds. The minimum absolute atomic E-state index is 0. The van der Waals surface area contributed by atoms with Gasteiger partial charge in [0.15, 0.2) is 5.96 Å². The predicted molar refractivity (Wildman–Crippen MR) is 94.2 cm³/mol. The van der Waals surface area contributed by atoms with Crippen LogP contribution in [-0.4, -0.2) is 18.5 Å². The van der Waals surface area contributed by atoms with E-state index < -0.39 is 0 Å². The van der Waals surface area contributed by atoms with E-state index in [1.165, 1.54) is 0 Å². The van der Waals surface area contributed by atoms with Gasteiger partial charge in [0.25, 0.3) is 0 Å². The highest BCUT2D eigenvalue weighted by Gasteiger charge is 2.27. The molecule has 0 heterocycles. The van der Waals surface area contributed by atoms with Crippen LogP contribution in [0.15, 0.2) is 18.2 Å². The van der Waals surface area contributed by atoms with E-state index in [0.717, 1.165) is 36.8 Å². The van der Waals surface area contributed by atoms with Gasteiger partial charge in [0, 0.05) is 6.54 Å². The van der Waals surface area contributed by atoms with Gasteiger partial charge in [-0.3, -0.25) is 10.2 Å². The predicted octanol–water partition coefficient (Wildman–Crippen LogP) is 2.92. The van der Waals surface area contributed by atoms with E-state index in [0.29, 0.717) is 18.2 Å². The number of guanidine groups is 1. The molecule has 4 N–H and O–H groups in total. The normalized spacial score (nSPS) is 20.3. The third-order valence-electron chi connectivity index (χ3n) is 4.30. The SMILES string of the molecule is Cc1ccc(OC(=O)C2CCC(CNC(=N)N)CC2)c(C)c1.Cl. The summed E-state index contributed by atoms with van der Waals surface area (Å²) in [5.41, 5.74) is 7.45. The van der Waals surface area contributed by atoms with Crippen LogP contribution in [0.5, 0.6) is 5.75 Å². The summed E-state index contributed by atoms with van der Waals surface area (Å²) in [4.78, 5) is 12.3. The molecule has 1 fully saturated rings. The number of hydrogen-bond acceptors (Lipinski definition) is 3. The van der Waals surface area contributed by atoms with Gasteiger partial charge >= 0.3 is 5.97 Å². The number of carbonyl (C=O) groups is 1. The minimum Gasteiger partial charge on any atom is -0.426 e. The summed E-state index contributed by atoms with van der Waals surface area (Å²) >= 11 is 0. The van der Waals surface area contributed by atoms with Crippen LogP contribution in [0.4, 0.5) is 0 Å². The van der Waals surface area contributed by atoms with Crippen molar-refractivity contribution < 1.29 is 9.53 Å². The van der Waals surface area contributed by atoms with Gasteiger partial charge in [-0.05, 0) is 57.1 Å². The zero-order valence-corrected chi connectivity index (χ0v) is 14.5. The van der Waals surface area contributed by atoms with E-state index in [-0.39, 0.29) is 30.3 Å². The number of nitrogens with one attached hydrogen (secondary N) is 2. The summed E-state index contributed by atoms with van der Waals surface area (Å²) in [6.45, 7) is 4.70. The van der Waals surface area contributed by atoms with Crippen LogP contribution in [-0.2, 0) is 4.79 Å². The first-order chi connectivity index (χ1) is 10.5. The van der Waals surface area contributed by atoms with Crippen LogP contribution in [0, 0.1) is 31.1 Å². The van der Waals surface area contributed by atoms with Gasteiger partial charge in [-0.15, -0.1) is 12.4 Å². The lowest BCUT2D eigenvalue weighted by Gasteiger charge is -2.27. The Labute approximate surface area is 143 Å². The highest BCUT2D eigenvalue weighted by Crippen LogP contribution is 2.30. The van der Waals surface area contributed by atoms with Crippen LogP contribution < -0.4 is 15.8 Å². The number of carbonyl (C=O) groups excluding carboxylic acids is 1. The number of rotatable bonds is 4. The molecule has 5 nitrogen and oxygen atoms in total. The van der Waals surface area contributed by atoms with Gasteiger partial charge in [-0.1, -0.05) is 17.7 Å². The molecule has 0 radical (unpaired) electrons. The molecule has 1 aliphatic carbocycles. The lowest BCUT2D eigenvalue weighted by atomic mass is 9.82. The summed E-state index contributed by atoms with van der Waals surface area (Å²) in [5.74, 6) is 1.01. The van der Waals surface area contributed by atoms with Crippen molar-refractivity contribution in [3.8, 4) is 5.75 Å². The fourth-order valence-electron chi connectivity index (χ4n) is 2.96. The molecule has 0 aliphatic heterocycles. The van der Waals surface area contributed by atoms with Gasteiger partial charge in [-0.2, -0.15) is 0 Å². The largest absolute Gasteiger partial charge is 0.426 e. The average Bonchev–Trinajstić information content (AvgIpc) is 2.48. The molecule has 1 aromatic rings. The monoisotopic (exact) mass is 339 g/mol. The highest BCUT2D eigenvalue weighted by atomic mass is 35.5. The van der Waals surface area contributed by atoms with Crippen LogP contribution in [0.25, 0.3) is 0 Å². The minimum atomic E-state index is -0.120. The van der Waals surface area contributed by atoms with Crippen molar-refractivity contribution in [3.63, 3.8) is 0 Å². The van der Waals surface area contributed by atoms with E-state index in [9.17, 15) is 4.79 Å². The molecule has 0 unspecified atom stereocenters. The van der Waals surface area contributed by atoms with Crippen molar-refractivity contribution >= 4 is 24.3 Å². The van der Waals surface area contributed by atoms with Crippen LogP contribution in [0.1, 0.15) is 36.8 Å². The maximum absolute atomic E-state index is 12.3. The fourth-order valence-corrected chi connectivity index (χ4v) is 2.96. The number of halogens is 1. The first kappa shape index (κ1) is 19.3. The van der Waals surface area contributed by atoms with Crippen molar-refractivity contribution in [2.24, 2.45) is 17.6 Å². The second-order valence-corrected chi connectivity index (χ2v) is 6.20. The Morgan fingerprint density at radius 3 is 2.52 bits per heavy atom. The molecule has 0 bridgehead atoms. The molecule has 0 saturated heterocycles. The van der Waals surface area contributed by atoms with E-state index in [1.54, 1.807) is 0 Å². The average molecular weight is 340 g/mol. The summed E-state index contributed by atoms with van der Waals surface area (Å²) in [7, 11) is 0. The lowest BCUT2D eigenvalue weighted by molar-refractivity contribution is -0.140. The molecule has 1 saturated carbocycles. The van der Waals surface area contributed by atoms with Gasteiger partial charge in [0.1, 0.15) is 5.75 Å². The van der Waals surface area contributed by atoms with Gasteiger partial charge < -0.3 is 15.8 Å². The van der Waals surface area contributed by atoms with Gasteiger partial charge in [-0.25, -0.2) is 0 Å². The van der Waals surface area contributed by atoms with E-state index in [1.807, 2.05) is 32.0 Å². The molecule has 0 atom stereocenters. The maximum Gasteiger partial charge on any atom is 0.314 e. The Morgan fingerprint density at radius 1 is 1.30 bits per heavy atom. The molecule has 23 heavy (non-hydrogen) atoms. The van der Waals surface area contributed by atoms with Crippen molar-refractivity contribution in [3.05, 3.63) is 29.3 Å². The summed E-state index contributed by atoms with van der Waals surface area (Å²) in [6.07, 6.45) is 3.61. The number of esters is 1. The first-order valence-electron chi connectivity index (χ1n) is 7.82. The van der Waals surface area contributed by atoms with Crippen molar-refractivity contribution in [1.82, 2.24) is 5.32 Å². The standard InChI is InChI=1S/C17H25N3O2.ClH/c1-11-3-8-15(12(2)9-11)22-16(21)14-6-4-13(5-7-14)10-20-17(18)19;/h3,8-9,13-14H,4-7,10H2,1-2H3,(H4,18,19,20);1H. The van der Waals surface area contributed by atoms with Gasteiger partial charge in [0.05, 0.1) is 5.92 Å². The number of ether oxygens (including phenoxy) is 1. The third-order valence-corrected chi connectivity index (χ3v) is 4.30. The molecular formula is C17H26ClN3O2. The topological polar surface area (TPSA) is 88.2 Å². The van der Waals surface area contributed by atoms with Crippen LogP contribution in [0.2, 0.25) is 0 Å². The van der Waals surface area contributed by atoms with Crippen LogP contribution >= 0.6 is 12.4 Å². The molecule has 1 aliphatic rings. The Balaban J connectivity index is 0.00000264. The fraction of sp³-hybridized carbons (Fsp3) is 0.529. The maximum atomic E-state index is 12.3. The molecule has 2 rings (SSSR count). The van der Waals surface area contributed by atoms with Gasteiger partial charge in [0.2, 0.25) is 0 Å². The third kappa shape index (κ3) is 5.75.